The number of thioether (sulfide) groups is 1. The summed E-state index contributed by atoms with van der Waals surface area (Å²) in [7, 11) is 0. The Labute approximate surface area is 154 Å². The van der Waals surface area contributed by atoms with E-state index in [2.05, 4.69) is 10.3 Å². The van der Waals surface area contributed by atoms with Crippen LogP contribution in [-0.2, 0) is 16.2 Å². The quantitative estimate of drug-likeness (QED) is 0.837. The Kier molecular flexibility index (Phi) is 5.48. The fourth-order valence-corrected chi connectivity index (χ4v) is 3.08. The second-order valence-electron chi connectivity index (χ2n) is 5.50. The molecule has 0 atom stereocenters. The first-order valence-electron chi connectivity index (χ1n) is 7.77. The number of carbonyl (C=O) groups excluding carboxylic acids is 2. The summed E-state index contributed by atoms with van der Waals surface area (Å²) < 4.78 is 18.8. The molecule has 7 heteroatoms. The van der Waals surface area contributed by atoms with Gasteiger partial charge in [-0.1, -0.05) is 24.3 Å². The van der Waals surface area contributed by atoms with Gasteiger partial charge in [0.25, 0.3) is 5.91 Å². The average Bonchev–Trinajstić information content (AvgIpc) is 2.93. The van der Waals surface area contributed by atoms with Crippen LogP contribution >= 0.6 is 11.8 Å². The van der Waals surface area contributed by atoms with E-state index in [9.17, 15) is 14.0 Å². The lowest BCUT2D eigenvalue weighted by atomic mass is 10.2. The van der Waals surface area contributed by atoms with Crippen molar-refractivity contribution < 1.29 is 18.7 Å². The lowest BCUT2D eigenvalue weighted by molar-refractivity contribution is -0.117. The van der Waals surface area contributed by atoms with Gasteiger partial charge < -0.3 is 10.1 Å². The van der Waals surface area contributed by atoms with E-state index in [4.69, 9.17) is 4.74 Å². The SMILES string of the molecule is CC(=O)NC1=NC(=O)/C(=C/c2ccc(OCc3cccc(F)c3)cc2)S1. The van der Waals surface area contributed by atoms with Crippen molar-refractivity contribution in [2.24, 2.45) is 4.99 Å². The molecule has 1 aliphatic heterocycles. The number of rotatable bonds is 4. The van der Waals surface area contributed by atoms with Crippen molar-refractivity contribution in [1.82, 2.24) is 5.32 Å². The Morgan fingerprint density at radius 1 is 1.27 bits per heavy atom. The van der Waals surface area contributed by atoms with E-state index < -0.39 is 0 Å². The van der Waals surface area contributed by atoms with Crippen LogP contribution in [-0.4, -0.2) is 17.0 Å². The summed E-state index contributed by atoms with van der Waals surface area (Å²) >= 11 is 1.12. The van der Waals surface area contributed by atoms with E-state index in [1.807, 2.05) is 0 Å². The molecule has 1 heterocycles. The Morgan fingerprint density at radius 2 is 2.04 bits per heavy atom. The van der Waals surface area contributed by atoms with Crippen LogP contribution in [0.5, 0.6) is 5.75 Å². The molecule has 0 saturated heterocycles. The Bertz CT molecular complexity index is 907. The molecule has 0 aromatic heterocycles. The fourth-order valence-electron chi connectivity index (χ4n) is 2.22. The van der Waals surface area contributed by atoms with Gasteiger partial charge >= 0.3 is 0 Å². The molecule has 2 amide bonds. The molecule has 26 heavy (non-hydrogen) atoms. The molecule has 5 nitrogen and oxygen atoms in total. The van der Waals surface area contributed by atoms with Crippen LogP contribution < -0.4 is 10.1 Å². The molecule has 0 aliphatic carbocycles. The molecule has 0 bridgehead atoms. The maximum absolute atomic E-state index is 13.1. The number of benzene rings is 2. The van der Waals surface area contributed by atoms with Gasteiger partial charge in [0.1, 0.15) is 18.2 Å². The van der Waals surface area contributed by atoms with Gasteiger partial charge in [0.05, 0.1) is 4.91 Å². The van der Waals surface area contributed by atoms with Gasteiger partial charge in [0.15, 0.2) is 5.17 Å². The van der Waals surface area contributed by atoms with Gasteiger partial charge in [-0.25, -0.2) is 4.39 Å². The lowest BCUT2D eigenvalue weighted by Crippen LogP contribution is -2.23. The van der Waals surface area contributed by atoms with E-state index in [-0.39, 0.29) is 29.4 Å². The number of carbonyl (C=O) groups is 2. The molecular formula is C19H15FN2O3S. The van der Waals surface area contributed by atoms with Crippen LogP contribution in [0.25, 0.3) is 6.08 Å². The number of hydrogen-bond donors (Lipinski definition) is 1. The van der Waals surface area contributed by atoms with Crippen LogP contribution in [0.3, 0.4) is 0 Å². The van der Waals surface area contributed by atoms with Gasteiger partial charge in [-0.3, -0.25) is 9.59 Å². The van der Waals surface area contributed by atoms with Crippen molar-refractivity contribution in [3.63, 3.8) is 0 Å². The van der Waals surface area contributed by atoms with Crippen LogP contribution in [0.15, 0.2) is 58.4 Å². The van der Waals surface area contributed by atoms with Crippen molar-refractivity contribution >= 4 is 34.8 Å². The summed E-state index contributed by atoms with van der Waals surface area (Å²) in [5.74, 6) is -0.320. The average molecular weight is 370 g/mol. The van der Waals surface area contributed by atoms with Gasteiger partial charge in [-0.15, -0.1) is 0 Å². The first kappa shape index (κ1) is 17.9. The zero-order chi connectivity index (χ0) is 18.5. The van der Waals surface area contributed by atoms with Crippen LogP contribution in [0.2, 0.25) is 0 Å². The molecule has 0 radical (unpaired) electrons. The molecule has 0 fully saturated rings. The summed E-state index contributed by atoms with van der Waals surface area (Å²) in [6, 6.07) is 13.4. The monoisotopic (exact) mass is 370 g/mol. The van der Waals surface area contributed by atoms with Crippen LogP contribution in [0, 0.1) is 5.82 Å². The molecule has 0 unspecified atom stereocenters. The molecule has 2 aromatic carbocycles. The maximum atomic E-state index is 13.1. The predicted molar refractivity (Wildman–Crippen MR) is 99.0 cm³/mol. The summed E-state index contributed by atoms with van der Waals surface area (Å²) in [6.07, 6.45) is 1.70. The number of ether oxygens (including phenoxy) is 1. The predicted octanol–water partition coefficient (Wildman–Crippen LogP) is 3.51. The van der Waals surface area contributed by atoms with E-state index in [0.29, 0.717) is 10.7 Å². The van der Waals surface area contributed by atoms with E-state index in [1.54, 1.807) is 42.5 Å². The Balaban J connectivity index is 1.61. The van der Waals surface area contributed by atoms with E-state index in [0.717, 1.165) is 22.9 Å². The number of amides is 2. The maximum Gasteiger partial charge on any atom is 0.286 e. The highest BCUT2D eigenvalue weighted by molar-refractivity contribution is 8.18. The topological polar surface area (TPSA) is 67.8 Å². The molecule has 2 aromatic rings. The Hall–Kier alpha value is -2.93. The van der Waals surface area contributed by atoms with Gasteiger partial charge in [-0.05, 0) is 53.2 Å². The van der Waals surface area contributed by atoms with E-state index >= 15 is 0 Å². The number of hydrogen-bond acceptors (Lipinski definition) is 4. The summed E-state index contributed by atoms with van der Waals surface area (Å²) in [4.78, 5) is 27.1. The first-order valence-corrected chi connectivity index (χ1v) is 8.59. The molecular weight excluding hydrogens is 355 g/mol. The highest BCUT2D eigenvalue weighted by Crippen LogP contribution is 2.28. The molecule has 132 valence electrons. The minimum atomic E-state index is -0.384. The molecule has 0 saturated carbocycles. The fraction of sp³-hybridized carbons (Fsp3) is 0.105. The Morgan fingerprint density at radius 3 is 2.73 bits per heavy atom. The zero-order valence-electron chi connectivity index (χ0n) is 13.9. The van der Waals surface area contributed by atoms with Crippen molar-refractivity contribution in [3.8, 4) is 5.75 Å². The molecule has 0 spiro atoms. The number of halogens is 1. The van der Waals surface area contributed by atoms with Crippen molar-refractivity contribution in [2.75, 3.05) is 0 Å². The molecule has 3 rings (SSSR count). The second-order valence-corrected chi connectivity index (χ2v) is 6.53. The summed E-state index contributed by atoms with van der Waals surface area (Å²) in [5, 5.41) is 2.78. The number of nitrogens with zero attached hydrogens (tertiary/aromatic N) is 1. The zero-order valence-corrected chi connectivity index (χ0v) is 14.7. The third-order valence-electron chi connectivity index (χ3n) is 3.38. The van der Waals surface area contributed by atoms with Gasteiger partial charge in [0, 0.05) is 6.92 Å². The highest BCUT2D eigenvalue weighted by atomic mass is 32.2. The van der Waals surface area contributed by atoms with Crippen molar-refractivity contribution in [3.05, 3.63) is 70.4 Å². The minimum Gasteiger partial charge on any atom is -0.489 e. The highest BCUT2D eigenvalue weighted by Gasteiger charge is 2.22. The second kappa shape index (κ2) is 7.97. The number of aliphatic imine (C=N–C) groups is 1. The number of amidine groups is 1. The molecule has 1 aliphatic rings. The number of nitrogens with one attached hydrogen (secondary N) is 1. The standard InChI is InChI=1S/C19H15FN2O3S/c1-12(23)21-19-22-18(24)17(26-19)10-13-5-7-16(8-6-13)25-11-14-3-2-4-15(20)9-14/h2-10H,11H2,1H3,(H,21,22,23,24)/b17-10-. The van der Waals surface area contributed by atoms with Crippen molar-refractivity contribution in [1.29, 1.82) is 0 Å². The summed E-state index contributed by atoms with van der Waals surface area (Å²) in [5.41, 5.74) is 1.55. The first-order chi connectivity index (χ1) is 12.5. The summed E-state index contributed by atoms with van der Waals surface area (Å²) in [6.45, 7) is 1.62. The lowest BCUT2D eigenvalue weighted by Gasteiger charge is -2.07. The minimum absolute atomic E-state index is 0.264. The third-order valence-corrected chi connectivity index (χ3v) is 4.27. The van der Waals surface area contributed by atoms with E-state index in [1.165, 1.54) is 19.1 Å². The third kappa shape index (κ3) is 4.80. The van der Waals surface area contributed by atoms with Gasteiger partial charge in [-0.2, -0.15) is 4.99 Å². The van der Waals surface area contributed by atoms with Gasteiger partial charge in [0.2, 0.25) is 5.91 Å². The largest absolute Gasteiger partial charge is 0.489 e. The van der Waals surface area contributed by atoms with Crippen LogP contribution in [0.4, 0.5) is 4.39 Å². The van der Waals surface area contributed by atoms with Crippen molar-refractivity contribution in [2.45, 2.75) is 13.5 Å². The smallest absolute Gasteiger partial charge is 0.286 e. The van der Waals surface area contributed by atoms with Crippen LogP contribution in [0.1, 0.15) is 18.1 Å². The normalized spacial score (nSPS) is 15.1. The molecule has 1 N–H and O–H groups in total.